The smallest absolute Gasteiger partial charge is 0.237 e. The molecule has 7 heteroatoms. The summed E-state index contributed by atoms with van der Waals surface area (Å²) in [4.78, 5) is 13.1. The predicted octanol–water partition coefficient (Wildman–Crippen LogP) is 3.72. The number of rotatable bonds is 4. The van der Waals surface area contributed by atoms with Crippen LogP contribution in [0, 0.1) is 6.92 Å². The largest absolute Gasteiger partial charge is 0.492 e. The van der Waals surface area contributed by atoms with Crippen molar-refractivity contribution < 1.29 is 9.47 Å². The molecule has 1 spiro atoms. The molecule has 1 saturated carbocycles. The molecule has 136 valence electrons. The number of hydrogen-bond donors (Lipinski definition) is 2. The van der Waals surface area contributed by atoms with E-state index in [0.717, 1.165) is 42.2 Å². The van der Waals surface area contributed by atoms with E-state index in [-0.39, 0.29) is 5.41 Å². The summed E-state index contributed by atoms with van der Waals surface area (Å²) in [6.45, 7) is 2.64. The normalized spacial score (nSPS) is 15.9. The van der Waals surface area contributed by atoms with Crippen LogP contribution < -0.4 is 20.5 Å². The SMILES string of the molecule is Cc1ccc(N)c(Nc2cnc(Oc3cccc4c3C3(CC3)CO4)cn2)n1. The number of nitrogens with zero attached hydrogens (tertiary/aromatic N) is 3. The number of benzene rings is 1. The van der Waals surface area contributed by atoms with Crippen LogP contribution in [0.3, 0.4) is 0 Å². The van der Waals surface area contributed by atoms with Gasteiger partial charge in [0, 0.05) is 16.7 Å². The second kappa shape index (κ2) is 5.84. The summed E-state index contributed by atoms with van der Waals surface area (Å²) < 4.78 is 11.8. The lowest BCUT2D eigenvalue weighted by Gasteiger charge is -2.12. The number of nitrogens with one attached hydrogen (secondary N) is 1. The van der Waals surface area contributed by atoms with E-state index in [4.69, 9.17) is 15.2 Å². The van der Waals surface area contributed by atoms with Gasteiger partial charge in [-0.2, -0.15) is 0 Å². The van der Waals surface area contributed by atoms with Crippen molar-refractivity contribution in [3.63, 3.8) is 0 Å². The summed E-state index contributed by atoms with van der Waals surface area (Å²) >= 11 is 0. The first-order valence-electron chi connectivity index (χ1n) is 8.89. The maximum atomic E-state index is 6.02. The lowest BCUT2D eigenvalue weighted by Crippen LogP contribution is -2.08. The maximum absolute atomic E-state index is 6.02. The second-order valence-electron chi connectivity index (χ2n) is 7.06. The monoisotopic (exact) mass is 361 g/mol. The number of ether oxygens (including phenoxy) is 2. The molecule has 0 radical (unpaired) electrons. The highest BCUT2D eigenvalue weighted by Crippen LogP contribution is 2.58. The molecule has 1 fully saturated rings. The molecule has 2 aliphatic rings. The highest BCUT2D eigenvalue weighted by molar-refractivity contribution is 5.66. The Hall–Kier alpha value is -3.35. The van der Waals surface area contributed by atoms with Gasteiger partial charge < -0.3 is 20.5 Å². The molecule has 27 heavy (non-hydrogen) atoms. The van der Waals surface area contributed by atoms with Crippen molar-refractivity contribution in [3.8, 4) is 17.4 Å². The first kappa shape index (κ1) is 15.9. The Bertz CT molecular complexity index is 1020. The molecular weight excluding hydrogens is 342 g/mol. The number of aryl methyl sites for hydroxylation is 1. The molecule has 0 saturated heterocycles. The summed E-state index contributed by atoms with van der Waals surface area (Å²) in [6, 6.07) is 9.55. The fourth-order valence-corrected chi connectivity index (χ4v) is 3.41. The van der Waals surface area contributed by atoms with E-state index in [1.54, 1.807) is 18.5 Å². The minimum Gasteiger partial charge on any atom is -0.492 e. The van der Waals surface area contributed by atoms with Crippen LogP contribution in [0.1, 0.15) is 24.1 Å². The summed E-state index contributed by atoms with van der Waals surface area (Å²) in [5.74, 6) is 3.25. The molecule has 0 bridgehead atoms. The Labute approximate surface area is 156 Å². The molecule has 3 N–H and O–H groups in total. The number of aromatic nitrogens is 3. The van der Waals surface area contributed by atoms with Gasteiger partial charge in [-0.15, -0.1) is 0 Å². The topological polar surface area (TPSA) is 95.2 Å². The van der Waals surface area contributed by atoms with Crippen molar-refractivity contribution in [2.75, 3.05) is 17.7 Å². The molecule has 0 amide bonds. The van der Waals surface area contributed by atoms with Crippen molar-refractivity contribution in [2.45, 2.75) is 25.2 Å². The van der Waals surface area contributed by atoms with Gasteiger partial charge in [0.05, 0.1) is 24.7 Å². The molecule has 3 aromatic rings. The molecule has 1 aromatic carbocycles. The summed E-state index contributed by atoms with van der Waals surface area (Å²) in [6.07, 6.45) is 5.47. The Morgan fingerprint density at radius 3 is 2.81 bits per heavy atom. The van der Waals surface area contributed by atoms with Gasteiger partial charge in [-0.3, -0.25) is 0 Å². The minimum atomic E-state index is 0.134. The second-order valence-corrected chi connectivity index (χ2v) is 7.06. The molecule has 1 aliphatic heterocycles. The van der Waals surface area contributed by atoms with Crippen molar-refractivity contribution in [1.29, 1.82) is 0 Å². The van der Waals surface area contributed by atoms with E-state index < -0.39 is 0 Å². The Morgan fingerprint density at radius 2 is 2.04 bits per heavy atom. The van der Waals surface area contributed by atoms with Gasteiger partial charge in [0.25, 0.3) is 0 Å². The van der Waals surface area contributed by atoms with Crippen LogP contribution in [0.25, 0.3) is 0 Å². The fraction of sp³-hybridized carbons (Fsp3) is 0.250. The van der Waals surface area contributed by atoms with Crippen molar-refractivity contribution in [3.05, 3.63) is 54.0 Å². The van der Waals surface area contributed by atoms with E-state index in [9.17, 15) is 0 Å². The minimum absolute atomic E-state index is 0.134. The van der Waals surface area contributed by atoms with Crippen molar-refractivity contribution in [1.82, 2.24) is 15.0 Å². The van der Waals surface area contributed by atoms with E-state index in [1.807, 2.05) is 31.2 Å². The van der Waals surface area contributed by atoms with Gasteiger partial charge in [-0.25, -0.2) is 15.0 Å². The van der Waals surface area contributed by atoms with Crippen LogP contribution in [-0.4, -0.2) is 21.6 Å². The zero-order valence-corrected chi connectivity index (χ0v) is 14.9. The van der Waals surface area contributed by atoms with E-state index in [2.05, 4.69) is 20.3 Å². The van der Waals surface area contributed by atoms with Gasteiger partial charge in [0.2, 0.25) is 5.88 Å². The first-order chi connectivity index (χ1) is 13.1. The van der Waals surface area contributed by atoms with E-state index >= 15 is 0 Å². The number of nitrogen functional groups attached to an aromatic ring is 1. The summed E-state index contributed by atoms with van der Waals surface area (Å²) in [5.41, 5.74) is 8.66. The van der Waals surface area contributed by atoms with Crippen molar-refractivity contribution >= 4 is 17.3 Å². The molecule has 0 atom stereocenters. The highest BCUT2D eigenvalue weighted by atomic mass is 16.5. The Balaban J connectivity index is 1.36. The zero-order chi connectivity index (χ0) is 18.4. The summed E-state index contributed by atoms with van der Waals surface area (Å²) in [5, 5.41) is 3.08. The quantitative estimate of drug-likeness (QED) is 0.731. The summed E-state index contributed by atoms with van der Waals surface area (Å²) in [7, 11) is 0. The van der Waals surface area contributed by atoms with Crippen LogP contribution >= 0.6 is 0 Å². The molecule has 3 heterocycles. The van der Waals surface area contributed by atoms with Crippen LogP contribution in [0.4, 0.5) is 17.3 Å². The van der Waals surface area contributed by atoms with Crippen LogP contribution in [0.5, 0.6) is 17.4 Å². The van der Waals surface area contributed by atoms with Gasteiger partial charge >= 0.3 is 0 Å². The zero-order valence-electron chi connectivity index (χ0n) is 14.9. The number of pyridine rings is 1. The van der Waals surface area contributed by atoms with Gasteiger partial charge in [-0.05, 0) is 44.0 Å². The van der Waals surface area contributed by atoms with Crippen LogP contribution in [-0.2, 0) is 5.41 Å². The maximum Gasteiger partial charge on any atom is 0.237 e. The predicted molar refractivity (Wildman–Crippen MR) is 102 cm³/mol. The lowest BCUT2D eigenvalue weighted by atomic mass is 9.97. The van der Waals surface area contributed by atoms with Crippen LogP contribution in [0.2, 0.25) is 0 Å². The van der Waals surface area contributed by atoms with Gasteiger partial charge in [-0.1, -0.05) is 6.07 Å². The molecule has 7 nitrogen and oxygen atoms in total. The Kier molecular flexibility index (Phi) is 3.43. The molecule has 2 aromatic heterocycles. The van der Waals surface area contributed by atoms with Gasteiger partial charge in [0.15, 0.2) is 5.82 Å². The molecule has 0 unspecified atom stereocenters. The van der Waals surface area contributed by atoms with Gasteiger partial charge in [0.1, 0.15) is 17.3 Å². The standard InChI is InChI=1S/C20H19N5O2/c1-12-5-6-13(21)19(24-12)25-16-9-23-17(10-22-16)27-15-4-2-3-14-18(15)20(7-8-20)11-26-14/h2-6,9-10H,7-8,11,21H2,1H3,(H,22,24,25). The number of hydrogen-bond acceptors (Lipinski definition) is 7. The molecule has 5 rings (SSSR count). The first-order valence-corrected chi connectivity index (χ1v) is 8.89. The number of nitrogens with two attached hydrogens (primary N) is 1. The lowest BCUT2D eigenvalue weighted by molar-refractivity contribution is 0.323. The van der Waals surface area contributed by atoms with Crippen molar-refractivity contribution in [2.24, 2.45) is 0 Å². The molecular formula is C20H19N5O2. The van der Waals surface area contributed by atoms with Crippen LogP contribution in [0.15, 0.2) is 42.7 Å². The molecule has 1 aliphatic carbocycles. The van der Waals surface area contributed by atoms with E-state index in [1.165, 1.54) is 0 Å². The third-order valence-electron chi connectivity index (χ3n) is 5.03. The average molecular weight is 361 g/mol. The highest BCUT2D eigenvalue weighted by Gasteiger charge is 2.52. The number of anilines is 3. The third-order valence-corrected chi connectivity index (χ3v) is 5.03. The fourth-order valence-electron chi connectivity index (χ4n) is 3.41. The van der Waals surface area contributed by atoms with E-state index in [0.29, 0.717) is 23.2 Å². The Morgan fingerprint density at radius 1 is 1.15 bits per heavy atom. The number of fused-ring (bicyclic) bond motifs is 2. The third kappa shape index (κ3) is 2.81. The average Bonchev–Trinajstić information content (AvgIpc) is 3.35.